The van der Waals surface area contributed by atoms with E-state index in [0.717, 1.165) is 5.92 Å². The highest BCUT2D eigenvalue weighted by atomic mass is 14.4. The van der Waals surface area contributed by atoms with E-state index in [1.165, 1.54) is 32.1 Å². The highest BCUT2D eigenvalue weighted by molar-refractivity contribution is 5.30. The summed E-state index contributed by atoms with van der Waals surface area (Å²) in [5.74, 6) is 0.748. The molecule has 0 N–H and O–H groups in total. The Bertz CT molecular complexity index is 278. The first-order chi connectivity index (χ1) is 6.65. The summed E-state index contributed by atoms with van der Waals surface area (Å²) in [6.07, 6.45) is 12.5. The fraction of sp³-hybridized carbons (Fsp3) is 0.714. The molecule has 1 unspecified atom stereocenters. The lowest BCUT2D eigenvalue weighted by atomic mass is 9.76. The Kier molecular flexibility index (Phi) is 2.49. The predicted molar refractivity (Wildman–Crippen MR) is 60.9 cm³/mol. The first kappa shape index (κ1) is 9.93. The SMILES string of the molecule is C[C+]=C1CCCC(C)(C)C2=CCCC12. The Morgan fingerprint density at radius 2 is 2.21 bits per heavy atom. The van der Waals surface area contributed by atoms with Crippen molar-refractivity contribution in [1.82, 2.24) is 0 Å². The Morgan fingerprint density at radius 3 is 2.93 bits per heavy atom. The Balaban J connectivity index is 2.35. The van der Waals surface area contributed by atoms with Crippen LogP contribution in [0.15, 0.2) is 17.2 Å². The highest BCUT2D eigenvalue weighted by Crippen LogP contribution is 2.48. The highest BCUT2D eigenvalue weighted by Gasteiger charge is 2.39. The summed E-state index contributed by atoms with van der Waals surface area (Å²) in [5.41, 5.74) is 3.73. The zero-order chi connectivity index (χ0) is 10.2. The minimum atomic E-state index is 0.444. The van der Waals surface area contributed by atoms with Crippen LogP contribution in [0.2, 0.25) is 0 Å². The standard InChI is InChI=1S/C14H21/c1-4-11-7-6-10-14(2,3)13-9-5-8-12(11)13/h9,12H,5-8,10H2,1-3H3/q+1. The summed E-state index contributed by atoms with van der Waals surface area (Å²) >= 11 is 0. The molecule has 0 bridgehead atoms. The minimum Gasteiger partial charge on any atom is -0.0840 e. The van der Waals surface area contributed by atoms with Crippen molar-refractivity contribution in [2.45, 2.75) is 52.9 Å². The van der Waals surface area contributed by atoms with E-state index in [1.54, 1.807) is 11.1 Å². The fourth-order valence-corrected chi connectivity index (χ4v) is 3.15. The quantitative estimate of drug-likeness (QED) is 0.394. The molecule has 0 aromatic rings. The van der Waals surface area contributed by atoms with Crippen LogP contribution in [-0.4, -0.2) is 0 Å². The number of hydrogen-bond acceptors (Lipinski definition) is 0. The van der Waals surface area contributed by atoms with Crippen molar-refractivity contribution in [3.05, 3.63) is 23.3 Å². The van der Waals surface area contributed by atoms with E-state index in [0.29, 0.717) is 5.41 Å². The Labute approximate surface area is 88.1 Å². The average molecular weight is 189 g/mol. The summed E-state index contributed by atoms with van der Waals surface area (Å²) in [5, 5.41) is 0. The predicted octanol–water partition coefficient (Wildman–Crippen LogP) is 4.28. The van der Waals surface area contributed by atoms with Gasteiger partial charge in [-0.2, -0.15) is 0 Å². The lowest BCUT2D eigenvalue weighted by Gasteiger charge is -2.27. The van der Waals surface area contributed by atoms with Crippen LogP contribution in [0.3, 0.4) is 0 Å². The first-order valence-electron chi connectivity index (χ1n) is 5.89. The molecular weight excluding hydrogens is 168 g/mol. The van der Waals surface area contributed by atoms with Crippen LogP contribution >= 0.6 is 0 Å². The second-order valence-corrected chi connectivity index (χ2v) is 5.30. The smallest absolute Gasteiger partial charge is 0.0840 e. The molecule has 1 fully saturated rings. The van der Waals surface area contributed by atoms with Crippen LogP contribution < -0.4 is 0 Å². The van der Waals surface area contributed by atoms with E-state index in [2.05, 4.69) is 32.9 Å². The molecule has 0 nitrogen and oxygen atoms in total. The summed E-state index contributed by atoms with van der Waals surface area (Å²) in [6.45, 7) is 6.91. The van der Waals surface area contributed by atoms with Gasteiger partial charge in [-0.1, -0.05) is 25.5 Å². The van der Waals surface area contributed by atoms with Gasteiger partial charge in [0.2, 0.25) is 6.08 Å². The van der Waals surface area contributed by atoms with Gasteiger partial charge in [0.15, 0.2) is 12.5 Å². The van der Waals surface area contributed by atoms with Crippen LogP contribution in [0.25, 0.3) is 0 Å². The molecule has 2 aliphatic rings. The molecule has 0 aliphatic heterocycles. The van der Waals surface area contributed by atoms with Crippen molar-refractivity contribution in [2.75, 3.05) is 0 Å². The van der Waals surface area contributed by atoms with Gasteiger partial charge in [-0.05, 0) is 31.1 Å². The lowest BCUT2D eigenvalue weighted by molar-refractivity contribution is 0.389. The molecule has 0 heterocycles. The number of hydrogen-bond donors (Lipinski definition) is 0. The maximum absolute atomic E-state index is 3.43. The lowest BCUT2D eigenvalue weighted by Crippen LogP contribution is -2.17. The van der Waals surface area contributed by atoms with Crippen molar-refractivity contribution in [3.63, 3.8) is 0 Å². The zero-order valence-corrected chi connectivity index (χ0v) is 9.69. The maximum Gasteiger partial charge on any atom is 0.218 e. The van der Waals surface area contributed by atoms with Crippen molar-refractivity contribution in [2.24, 2.45) is 11.3 Å². The third-order valence-corrected chi connectivity index (χ3v) is 3.97. The monoisotopic (exact) mass is 189 g/mol. The summed E-state index contributed by atoms with van der Waals surface area (Å²) in [7, 11) is 0. The third-order valence-electron chi connectivity index (χ3n) is 3.97. The second-order valence-electron chi connectivity index (χ2n) is 5.30. The van der Waals surface area contributed by atoms with Gasteiger partial charge in [-0.3, -0.25) is 0 Å². The van der Waals surface area contributed by atoms with Crippen LogP contribution in [0, 0.1) is 17.4 Å². The van der Waals surface area contributed by atoms with Crippen LogP contribution in [-0.2, 0) is 0 Å². The van der Waals surface area contributed by atoms with Gasteiger partial charge in [-0.25, -0.2) is 0 Å². The summed E-state index contributed by atoms with van der Waals surface area (Å²) < 4.78 is 0. The fourth-order valence-electron chi connectivity index (χ4n) is 3.15. The van der Waals surface area contributed by atoms with Crippen molar-refractivity contribution >= 4 is 0 Å². The van der Waals surface area contributed by atoms with Crippen molar-refractivity contribution < 1.29 is 0 Å². The first-order valence-corrected chi connectivity index (χ1v) is 5.89. The Hall–Kier alpha value is -0.610. The third kappa shape index (κ3) is 1.53. The number of allylic oxidation sites excluding steroid dienone is 4. The van der Waals surface area contributed by atoms with Crippen LogP contribution in [0.1, 0.15) is 52.9 Å². The van der Waals surface area contributed by atoms with Gasteiger partial charge < -0.3 is 0 Å². The number of fused-ring (bicyclic) bond motifs is 1. The molecule has 2 rings (SSSR count). The molecule has 14 heavy (non-hydrogen) atoms. The van der Waals surface area contributed by atoms with Crippen LogP contribution in [0.4, 0.5) is 0 Å². The molecule has 0 heteroatoms. The van der Waals surface area contributed by atoms with Gasteiger partial charge in [0, 0.05) is 6.42 Å². The summed E-state index contributed by atoms with van der Waals surface area (Å²) in [6, 6.07) is 0. The van der Waals surface area contributed by atoms with E-state index in [1.807, 2.05) is 0 Å². The van der Waals surface area contributed by atoms with Crippen molar-refractivity contribution in [3.8, 4) is 0 Å². The van der Waals surface area contributed by atoms with Crippen LogP contribution in [0.5, 0.6) is 0 Å². The largest absolute Gasteiger partial charge is 0.218 e. The maximum atomic E-state index is 3.43. The molecular formula is C14H21+. The van der Waals surface area contributed by atoms with Gasteiger partial charge in [-0.15, -0.1) is 0 Å². The van der Waals surface area contributed by atoms with E-state index in [-0.39, 0.29) is 0 Å². The summed E-state index contributed by atoms with van der Waals surface area (Å²) in [4.78, 5) is 0. The van der Waals surface area contributed by atoms with E-state index in [9.17, 15) is 0 Å². The van der Waals surface area contributed by atoms with E-state index in [4.69, 9.17) is 0 Å². The minimum absolute atomic E-state index is 0.444. The molecule has 0 saturated heterocycles. The van der Waals surface area contributed by atoms with Gasteiger partial charge in [0.05, 0.1) is 5.92 Å². The Morgan fingerprint density at radius 1 is 1.43 bits per heavy atom. The van der Waals surface area contributed by atoms with Gasteiger partial charge in [0.25, 0.3) is 0 Å². The molecule has 0 radical (unpaired) electrons. The molecule has 76 valence electrons. The molecule has 0 aromatic heterocycles. The molecule has 0 aromatic carbocycles. The zero-order valence-electron chi connectivity index (χ0n) is 9.69. The average Bonchev–Trinajstić information content (AvgIpc) is 2.57. The molecule has 0 spiro atoms. The normalized spacial score (nSPS) is 33.2. The molecule has 1 saturated carbocycles. The molecule has 1 atom stereocenters. The van der Waals surface area contributed by atoms with E-state index < -0.39 is 0 Å². The molecule has 0 amide bonds. The molecule has 2 aliphatic carbocycles. The van der Waals surface area contributed by atoms with E-state index >= 15 is 0 Å². The second kappa shape index (κ2) is 3.51. The van der Waals surface area contributed by atoms with Crippen molar-refractivity contribution in [1.29, 1.82) is 0 Å². The topological polar surface area (TPSA) is 0 Å². The van der Waals surface area contributed by atoms with Gasteiger partial charge in [0.1, 0.15) is 0 Å². The number of rotatable bonds is 0. The van der Waals surface area contributed by atoms with Gasteiger partial charge >= 0.3 is 0 Å².